The SMILES string of the molecule is CCCCCOc1ccccc1/C=N/Nc1ccc2nncn2n1. The number of rotatable bonds is 8. The molecule has 124 valence electrons. The lowest BCUT2D eigenvalue weighted by atomic mass is 10.2. The van der Waals surface area contributed by atoms with Crippen molar-refractivity contribution in [3.8, 4) is 5.75 Å². The van der Waals surface area contributed by atoms with Gasteiger partial charge in [0.25, 0.3) is 0 Å². The first-order valence-electron chi connectivity index (χ1n) is 8.05. The van der Waals surface area contributed by atoms with Gasteiger partial charge in [0.2, 0.25) is 0 Å². The summed E-state index contributed by atoms with van der Waals surface area (Å²) in [7, 11) is 0. The molecule has 24 heavy (non-hydrogen) atoms. The Balaban J connectivity index is 1.63. The van der Waals surface area contributed by atoms with Crippen LogP contribution in [-0.2, 0) is 0 Å². The standard InChI is InChI=1S/C17H20N6O/c1-2-3-6-11-24-15-8-5-4-7-14(15)12-18-20-16-9-10-17-21-19-13-23(17)22-16/h4-5,7-10,12-13H,2-3,6,11H2,1H3,(H,20,22)/b18-12+. The molecule has 3 rings (SSSR count). The van der Waals surface area contributed by atoms with E-state index in [0.29, 0.717) is 11.5 Å². The van der Waals surface area contributed by atoms with E-state index in [1.165, 1.54) is 12.8 Å². The topological polar surface area (TPSA) is 76.7 Å². The Morgan fingerprint density at radius 3 is 3.04 bits per heavy atom. The van der Waals surface area contributed by atoms with Crippen molar-refractivity contribution in [1.29, 1.82) is 0 Å². The molecular weight excluding hydrogens is 304 g/mol. The summed E-state index contributed by atoms with van der Waals surface area (Å²) in [6.45, 7) is 2.90. The van der Waals surface area contributed by atoms with E-state index in [0.717, 1.165) is 24.3 Å². The van der Waals surface area contributed by atoms with Crippen LogP contribution in [0.1, 0.15) is 31.7 Å². The van der Waals surface area contributed by atoms with Crippen molar-refractivity contribution in [3.63, 3.8) is 0 Å². The maximum Gasteiger partial charge on any atom is 0.177 e. The molecular formula is C17H20N6O. The fourth-order valence-corrected chi connectivity index (χ4v) is 2.21. The number of hydrazone groups is 1. The maximum atomic E-state index is 5.83. The zero-order valence-electron chi connectivity index (χ0n) is 13.6. The first-order valence-corrected chi connectivity index (χ1v) is 8.05. The molecule has 3 aromatic rings. The third-order valence-corrected chi connectivity index (χ3v) is 3.47. The van der Waals surface area contributed by atoms with Crippen molar-refractivity contribution >= 4 is 17.7 Å². The number of ether oxygens (including phenoxy) is 1. The lowest BCUT2D eigenvalue weighted by molar-refractivity contribution is 0.306. The molecule has 0 radical (unpaired) electrons. The van der Waals surface area contributed by atoms with Gasteiger partial charge in [0, 0.05) is 5.56 Å². The molecule has 1 aromatic carbocycles. The molecule has 0 amide bonds. The van der Waals surface area contributed by atoms with Crippen LogP contribution >= 0.6 is 0 Å². The summed E-state index contributed by atoms with van der Waals surface area (Å²) in [5.74, 6) is 1.45. The number of benzene rings is 1. The summed E-state index contributed by atoms with van der Waals surface area (Å²) >= 11 is 0. The molecule has 2 heterocycles. The summed E-state index contributed by atoms with van der Waals surface area (Å²) < 4.78 is 7.42. The van der Waals surface area contributed by atoms with Crippen molar-refractivity contribution < 1.29 is 4.74 Å². The number of aromatic nitrogens is 4. The zero-order chi connectivity index (χ0) is 16.6. The number of unbranched alkanes of at least 4 members (excludes halogenated alkanes) is 2. The second kappa shape index (κ2) is 8.05. The highest BCUT2D eigenvalue weighted by atomic mass is 16.5. The number of nitrogens with one attached hydrogen (secondary N) is 1. The molecule has 0 spiro atoms. The normalized spacial score (nSPS) is 11.2. The smallest absolute Gasteiger partial charge is 0.177 e. The number of para-hydroxylation sites is 1. The Labute approximate surface area is 140 Å². The minimum Gasteiger partial charge on any atom is -0.493 e. The summed E-state index contributed by atoms with van der Waals surface area (Å²) in [6.07, 6.45) is 6.69. The molecule has 7 heteroatoms. The molecule has 0 atom stereocenters. The van der Waals surface area contributed by atoms with Crippen LogP contribution in [0.3, 0.4) is 0 Å². The van der Waals surface area contributed by atoms with Crippen molar-refractivity contribution in [2.24, 2.45) is 5.10 Å². The van der Waals surface area contributed by atoms with Gasteiger partial charge in [0.05, 0.1) is 12.8 Å². The van der Waals surface area contributed by atoms with E-state index in [1.807, 2.05) is 30.3 Å². The summed E-state index contributed by atoms with van der Waals surface area (Å²) in [6, 6.07) is 11.5. The highest BCUT2D eigenvalue weighted by molar-refractivity contribution is 5.83. The van der Waals surface area contributed by atoms with Gasteiger partial charge in [-0.2, -0.15) is 9.62 Å². The van der Waals surface area contributed by atoms with E-state index in [-0.39, 0.29) is 0 Å². The van der Waals surface area contributed by atoms with E-state index in [4.69, 9.17) is 4.74 Å². The fraction of sp³-hybridized carbons (Fsp3) is 0.294. The van der Waals surface area contributed by atoms with Crippen LogP contribution < -0.4 is 10.2 Å². The van der Waals surface area contributed by atoms with Gasteiger partial charge in [-0.05, 0) is 30.7 Å². The van der Waals surface area contributed by atoms with Gasteiger partial charge < -0.3 is 4.74 Å². The van der Waals surface area contributed by atoms with Crippen LogP contribution in [0.15, 0.2) is 47.8 Å². The number of nitrogens with zero attached hydrogens (tertiary/aromatic N) is 5. The predicted octanol–water partition coefficient (Wildman–Crippen LogP) is 3.14. The van der Waals surface area contributed by atoms with Gasteiger partial charge in [-0.15, -0.1) is 15.3 Å². The largest absolute Gasteiger partial charge is 0.493 e. The third kappa shape index (κ3) is 4.07. The average molecular weight is 324 g/mol. The van der Waals surface area contributed by atoms with Gasteiger partial charge >= 0.3 is 0 Å². The van der Waals surface area contributed by atoms with Crippen molar-refractivity contribution in [3.05, 3.63) is 48.3 Å². The molecule has 0 saturated carbocycles. The van der Waals surface area contributed by atoms with Crippen molar-refractivity contribution in [2.45, 2.75) is 26.2 Å². The highest BCUT2D eigenvalue weighted by Crippen LogP contribution is 2.16. The fourth-order valence-electron chi connectivity index (χ4n) is 2.21. The van der Waals surface area contributed by atoms with E-state index in [2.05, 4.69) is 32.7 Å². The molecule has 0 saturated heterocycles. The molecule has 0 fully saturated rings. The minimum absolute atomic E-state index is 0.611. The Bertz CT molecular complexity index is 813. The van der Waals surface area contributed by atoms with E-state index < -0.39 is 0 Å². The minimum atomic E-state index is 0.611. The summed E-state index contributed by atoms with van der Waals surface area (Å²) in [5, 5.41) is 16.2. The molecule has 0 unspecified atom stereocenters. The van der Waals surface area contributed by atoms with Gasteiger partial charge in [-0.25, -0.2) is 0 Å². The van der Waals surface area contributed by atoms with Crippen molar-refractivity contribution in [1.82, 2.24) is 19.8 Å². The molecule has 0 bridgehead atoms. The molecule has 2 aromatic heterocycles. The van der Waals surface area contributed by atoms with E-state index in [9.17, 15) is 0 Å². The van der Waals surface area contributed by atoms with Crippen LogP contribution in [-0.4, -0.2) is 32.6 Å². The Hall–Kier alpha value is -2.96. The Kier molecular flexibility index (Phi) is 5.34. The first kappa shape index (κ1) is 15.9. The average Bonchev–Trinajstić information content (AvgIpc) is 3.08. The second-order valence-electron chi connectivity index (χ2n) is 5.32. The van der Waals surface area contributed by atoms with Crippen LogP contribution in [0, 0.1) is 0 Å². The predicted molar refractivity (Wildman–Crippen MR) is 93.5 cm³/mol. The Morgan fingerprint density at radius 2 is 2.12 bits per heavy atom. The summed E-state index contributed by atoms with van der Waals surface area (Å²) in [4.78, 5) is 0. The quantitative estimate of drug-likeness (QED) is 0.391. The second-order valence-corrected chi connectivity index (χ2v) is 5.32. The van der Waals surface area contributed by atoms with Gasteiger partial charge in [0.1, 0.15) is 12.1 Å². The lowest BCUT2D eigenvalue weighted by Gasteiger charge is -2.08. The van der Waals surface area contributed by atoms with Gasteiger partial charge in [0.15, 0.2) is 11.5 Å². The van der Waals surface area contributed by atoms with Gasteiger partial charge in [-0.3, -0.25) is 5.43 Å². The highest BCUT2D eigenvalue weighted by Gasteiger charge is 2.01. The number of hydrogen-bond donors (Lipinski definition) is 1. The molecule has 1 N–H and O–H groups in total. The number of fused-ring (bicyclic) bond motifs is 1. The zero-order valence-corrected chi connectivity index (χ0v) is 13.6. The van der Waals surface area contributed by atoms with E-state index in [1.54, 1.807) is 23.1 Å². The van der Waals surface area contributed by atoms with Crippen LogP contribution in [0.5, 0.6) is 5.75 Å². The Morgan fingerprint density at radius 1 is 1.21 bits per heavy atom. The lowest BCUT2D eigenvalue weighted by Crippen LogP contribution is -2.01. The maximum absolute atomic E-state index is 5.83. The molecule has 7 nitrogen and oxygen atoms in total. The van der Waals surface area contributed by atoms with Crippen LogP contribution in [0.4, 0.5) is 5.82 Å². The summed E-state index contributed by atoms with van der Waals surface area (Å²) in [5.41, 5.74) is 4.52. The molecule has 0 aliphatic heterocycles. The number of anilines is 1. The molecule has 0 aliphatic carbocycles. The van der Waals surface area contributed by atoms with Crippen LogP contribution in [0.2, 0.25) is 0 Å². The monoisotopic (exact) mass is 324 g/mol. The third-order valence-electron chi connectivity index (χ3n) is 3.47. The van der Waals surface area contributed by atoms with Gasteiger partial charge in [-0.1, -0.05) is 31.9 Å². The van der Waals surface area contributed by atoms with Crippen molar-refractivity contribution in [2.75, 3.05) is 12.0 Å². The number of hydrogen-bond acceptors (Lipinski definition) is 6. The molecule has 0 aliphatic rings. The first-order chi connectivity index (χ1) is 11.9. The van der Waals surface area contributed by atoms with Crippen LogP contribution in [0.25, 0.3) is 5.65 Å². The van der Waals surface area contributed by atoms with E-state index >= 15 is 0 Å².